The number of benzene rings is 2. The number of amides is 1. The molecule has 7 nitrogen and oxygen atoms in total. The quantitative estimate of drug-likeness (QED) is 0.558. The molecule has 6 N–H and O–H groups in total. The maximum atomic E-state index is 12.1. The molecule has 7 heteroatoms. The molecule has 0 saturated carbocycles. The molecule has 0 aliphatic carbocycles. The fourth-order valence-corrected chi connectivity index (χ4v) is 2.74. The van der Waals surface area contributed by atoms with Crippen LogP contribution in [0, 0.1) is 0 Å². The predicted molar refractivity (Wildman–Crippen MR) is 87.0 cm³/mol. The Bertz CT molecular complexity index is 1030. The van der Waals surface area contributed by atoms with E-state index in [1.165, 1.54) is 6.07 Å². The molecule has 0 aliphatic rings. The lowest BCUT2D eigenvalue weighted by Gasteiger charge is -2.13. The van der Waals surface area contributed by atoms with Gasteiger partial charge in [0, 0.05) is 12.1 Å². The summed E-state index contributed by atoms with van der Waals surface area (Å²) in [5.74, 6) is -0.580. The van der Waals surface area contributed by atoms with E-state index in [1.54, 1.807) is 30.3 Å². The highest BCUT2D eigenvalue weighted by Crippen LogP contribution is 2.29. The molecule has 3 rings (SSSR count). The van der Waals surface area contributed by atoms with E-state index in [0.717, 1.165) is 0 Å². The number of H-pyrrole nitrogens is 2. The van der Waals surface area contributed by atoms with Gasteiger partial charge in [-0.1, -0.05) is 24.3 Å². The Morgan fingerprint density at radius 2 is 1.65 bits per heavy atom. The van der Waals surface area contributed by atoms with E-state index in [1.807, 2.05) is 0 Å². The van der Waals surface area contributed by atoms with E-state index < -0.39 is 17.0 Å². The van der Waals surface area contributed by atoms with Crippen LogP contribution in [0.4, 0.5) is 0 Å². The van der Waals surface area contributed by atoms with Crippen LogP contribution in [0.1, 0.15) is 15.9 Å². The van der Waals surface area contributed by atoms with Crippen LogP contribution >= 0.6 is 0 Å². The van der Waals surface area contributed by atoms with Crippen LogP contribution in [-0.2, 0) is 6.54 Å². The summed E-state index contributed by atoms with van der Waals surface area (Å²) in [6, 6.07) is 9.99. The topological polar surface area (TPSA) is 135 Å². The van der Waals surface area contributed by atoms with Crippen molar-refractivity contribution in [1.29, 1.82) is 0 Å². The van der Waals surface area contributed by atoms with Gasteiger partial charge in [0.2, 0.25) is 5.91 Å². The van der Waals surface area contributed by atoms with E-state index in [9.17, 15) is 14.4 Å². The number of rotatable bonds is 3. The zero-order valence-electron chi connectivity index (χ0n) is 12.1. The number of aromatic nitrogens is 2. The van der Waals surface area contributed by atoms with Crippen molar-refractivity contribution in [2.45, 2.75) is 6.54 Å². The number of fused-ring (bicyclic) bond motifs is 1. The first-order chi connectivity index (χ1) is 11.0. The fourth-order valence-electron chi connectivity index (χ4n) is 2.74. The summed E-state index contributed by atoms with van der Waals surface area (Å²) in [4.78, 5) is 35.7. The van der Waals surface area contributed by atoms with Crippen molar-refractivity contribution in [2.75, 3.05) is 0 Å². The first kappa shape index (κ1) is 14.7. The van der Waals surface area contributed by atoms with Gasteiger partial charge in [0.1, 0.15) is 0 Å². The minimum Gasteiger partial charge on any atom is -0.366 e. The maximum Gasteiger partial charge on any atom is 0.270 e. The van der Waals surface area contributed by atoms with Crippen molar-refractivity contribution >= 4 is 16.7 Å². The normalized spacial score (nSPS) is 10.8. The van der Waals surface area contributed by atoms with Crippen molar-refractivity contribution in [2.24, 2.45) is 11.5 Å². The minimum absolute atomic E-state index is 0.0340. The summed E-state index contributed by atoms with van der Waals surface area (Å²) in [5, 5.41) is 5.03. The molecule has 0 aliphatic heterocycles. The lowest BCUT2D eigenvalue weighted by atomic mass is 9.92. The molecule has 23 heavy (non-hydrogen) atoms. The Kier molecular flexibility index (Phi) is 3.55. The monoisotopic (exact) mass is 310 g/mol. The van der Waals surface area contributed by atoms with Crippen LogP contribution in [0.3, 0.4) is 0 Å². The summed E-state index contributed by atoms with van der Waals surface area (Å²) in [6.45, 7) is 0.0340. The zero-order chi connectivity index (χ0) is 16.6. The van der Waals surface area contributed by atoms with Crippen molar-refractivity contribution < 1.29 is 4.79 Å². The van der Waals surface area contributed by atoms with Crippen LogP contribution in [0.2, 0.25) is 0 Å². The van der Waals surface area contributed by atoms with Gasteiger partial charge in [-0.15, -0.1) is 0 Å². The second-order valence-corrected chi connectivity index (χ2v) is 5.04. The fraction of sp³-hybridized carbons (Fsp3) is 0.0625. The van der Waals surface area contributed by atoms with Crippen LogP contribution in [0.15, 0.2) is 46.0 Å². The molecule has 1 aromatic heterocycles. The lowest BCUT2D eigenvalue weighted by molar-refractivity contribution is 0.100. The Morgan fingerprint density at radius 3 is 2.35 bits per heavy atom. The number of hydrogen-bond acceptors (Lipinski definition) is 4. The third-order valence-electron chi connectivity index (χ3n) is 3.76. The van der Waals surface area contributed by atoms with E-state index in [2.05, 4.69) is 10.2 Å². The van der Waals surface area contributed by atoms with Crippen molar-refractivity contribution in [1.82, 2.24) is 10.2 Å². The van der Waals surface area contributed by atoms with Gasteiger partial charge in [-0.05, 0) is 28.8 Å². The average Bonchev–Trinajstić information content (AvgIpc) is 2.57. The van der Waals surface area contributed by atoms with E-state index in [0.29, 0.717) is 22.3 Å². The van der Waals surface area contributed by atoms with Gasteiger partial charge in [0.25, 0.3) is 11.1 Å². The molecule has 0 bridgehead atoms. The summed E-state index contributed by atoms with van der Waals surface area (Å²) in [7, 11) is 0. The highest BCUT2D eigenvalue weighted by molar-refractivity contribution is 6.02. The molecule has 1 heterocycles. The summed E-state index contributed by atoms with van der Waals surface area (Å²) >= 11 is 0. The van der Waals surface area contributed by atoms with Crippen molar-refractivity contribution in [3.05, 3.63) is 68.2 Å². The SMILES string of the molecule is NCc1c(-c2ccccc2C(N)=O)ccc2c(=O)[nH][nH]c(=O)c12. The number of carbonyl (C=O) groups excluding carboxylic acids is 1. The molecule has 0 spiro atoms. The summed E-state index contributed by atoms with van der Waals surface area (Å²) in [6.07, 6.45) is 0. The first-order valence-corrected chi connectivity index (χ1v) is 6.90. The number of nitrogens with one attached hydrogen (secondary N) is 2. The second-order valence-electron chi connectivity index (χ2n) is 5.04. The molecule has 116 valence electrons. The maximum absolute atomic E-state index is 12.1. The third kappa shape index (κ3) is 2.33. The zero-order valence-corrected chi connectivity index (χ0v) is 12.1. The Labute approximate surface area is 129 Å². The number of carbonyl (C=O) groups is 1. The Hall–Kier alpha value is -3.19. The van der Waals surface area contributed by atoms with E-state index >= 15 is 0 Å². The third-order valence-corrected chi connectivity index (χ3v) is 3.76. The van der Waals surface area contributed by atoms with Crippen molar-refractivity contribution in [3.8, 4) is 11.1 Å². The van der Waals surface area contributed by atoms with Crippen molar-refractivity contribution in [3.63, 3.8) is 0 Å². The van der Waals surface area contributed by atoms with Gasteiger partial charge in [-0.3, -0.25) is 24.6 Å². The predicted octanol–water partition coefficient (Wildman–Crippen LogP) is 0.441. The number of primary amides is 1. The molecule has 0 saturated heterocycles. The highest BCUT2D eigenvalue weighted by atomic mass is 16.1. The smallest absolute Gasteiger partial charge is 0.270 e. The van der Waals surface area contributed by atoms with Gasteiger partial charge >= 0.3 is 0 Å². The molecular weight excluding hydrogens is 296 g/mol. The Balaban J connectivity index is 2.46. The van der Waals surface area contributed by atoms with Crippen LogP contribution in [0.25, 0.3) is 21.9 Å². The van der Waals surface area contributed by atoms with Crippen LogP contribution < -0.4 is 22.6 Å². The highest BCUT2D eigenvalue weighted by Gasteiger charge is 2.16. The minimum atomic E-state index is -0.580. The van der Waals surface area contributed by atoms with E-state index in [4.69, 9.17) is 11.5 Å². The standard InChI is InChI=1S/C16H14N4O3/c17-7-12-9(8-3-1-2-4-10(8)14(18)21)5-6-11-13(12)16(23)20-19-15(11)22/h1-6H,7,17H2,(H2,18,21)(H,19,22)(H,20,23). The van der Waals surface area contributed by atoms with Gasteiger partial charge in [0.15, 0.2) is 0 Å². The molecule has 2 aromatic carbocycles. The molecule has 0 unspecified atom stereocenters. The van der Waals surface area contributed by atoms with Crippen LogP contribution in [0.5, 0.6) is 0 Å². The van der Waals surface area contributed by atoms with Gasteiger partial charge in [-0.2, -0.15) is 0 Å². The van der Waals surface area contributed by atoms with Gasteiger partial charge in [-0.25, -0.2) is 0 Å². The lowest BCUT2D eigenvalue weighted by Crippen LogP contribution is -2.21. The molecule has 0 fully saturated rings. The molecule has 1 amide bonds. The largest absolute Gasteiger partial charge is 0.366 e. The number of aromatic amines is 2. The number of nitrogens with two attached hydrogens (primary N) is 2. The summed E-state index contributed by atoms with van der Waals surface area (Å²) in [5.41, 5.74) is 12.4. The second kappa shape index (κ2) is 5.54. The van der Waals surface area contributed by atoms with Gasteiger partial charge < -0.3 is 11.5 Å². The molecular formula is C16H14N4O3. The molecule has 0 atom stereocenters. The van der Waals surface area contributed by atoms with Gasteiger partial charge in [0.05, 0.1) is 10.8 Å². The van der Waals surface area contributed by atoms with Crippen LogP contribution in [-0.4, -0.2) is 16.1 Å². The summed E-state index contributed by atoms with van der Waals surface area (Å²) < 4.78 is 0. The average molecular weight is 310 g/mol. The molecule has 3 aromatic rings. The van der Waals surface area contributed by atoms with E-state index in [-0.39, 0.29) is 17.3 Å². The Morgan fingerprint density at radius 1 is 0.957 bits per heavy atom. The number of hydrogen-bond donors (Lipinski definition) is 4. The first-order valence-electron chi connectivity index (χ1n) is 6.90. The molecule has 0 radical (unpaired) electrons.